The zero-order valence-corrected chi connectivity index (χ0v) is 17.8. The summed E-state index contributed by atoms with van der Waals surface area (Å²) in [5.41, 5.74) is 2.23. The predicted molar refractivity (Wildman–Crippen MR) is 114 cm³/mol. The number of aromatic nitrogens is 1. The summed E-state index contributed by atoms with van der Waals surface area (Å²) in [6.45, 7) is 4.48. The van der Waals surface area contributed by atoms with Crippen LogP contribution >= 0.6 is 11.3 Å². The van der Waals surface area contributed by atoms with E-state index in [4.69, 9.17) is 9.47 Å². The molecule has 0 saturated heterocycles. The predicted octanol–water partition coefficient (Wildman–Crippen LogP) is 3.47. The van der Waals surface area contributed by atoms with Crippen LogP contribution in [0.15, 0.2) is 47.5 Å². The number of carbonyl (C=O) groups excluding carboxylic acids is 3. The molecule has 1 heterocycles. The van der Waals surface area contributed by atoms with E-state index in [0.717, 1.165) is 10.2 Å². The van der Waals surface area contributed by atoms with Gasteiger partial charge in [0.25, 0.3) is 5.91 Å². The van der Waals surface area contributed by atoms with Crippen molar-refractivity contribution in [3.05, 3.63) is 64.0 Å². The van der Waals surface area contributed by atoms with Crippen LogP contribution in [-0.4, -0.2) is 42.6 Å². The van der Waals surface area contributed by atoms with Gasteiger partial charge in [-0.2, -0.15) is 4.99 Å². The minimum absolute atomic E-state index is 0.0646. The zero-order valence-electron chi connectivity index (χ0n) is 17.0. The van der Waals surface area contributed by atoms with Crippen molar-refractivity contribution < 1.29 is 23.9 Å². The van der Waals surface area contributed by atoms with Crippen LogP contribution in [0.25, 0.3) is 10.2 Å². The number of amides is 1. The summed E-state index contributed by atoms with van der Waals surface area (Å²) in [5, 5.41) is 0. The Morgan fingerprint density at radius 3 is 2.33 bits per heavy atom. The molecule has 8 heteroatoms. The first-order valence-corrected chi connectivity index (χ1v) is 10.3. The minimum Gasteiger partial charge on any atom is -0.462 e. The first-order chi connectivity index (χ1) is 14.4. The second-order valence-corrected chi connectivity index (χ2v) is 7.49. The molecule has 30 heavy (non-hydrogen) atoms. The van der Waals surface area contributed by atoms with Crippen LogP contribution in [0, 0.1) is 0 Å². The van der Waals surface area contributed by atoms with Crippen molar-refractivity contribution in [3.8, 4) is 0 Å². The molecule has 1 aromatic heterocycles. The molecule has 0 saturated carbocycles. The SMILES string of the molecule is CCOC(=O)c1ccc2c(c1)sc(=NC(=O)c1ccc(C(C)=O)cc1)n2CCOC. The molecule has 0 unspecified atom stereocenters. The maximum Gasteiger partial charge on any atom is 0.338 e. The molecule has 0 atom stereocenters. The largest absolute Gasteiger partial charge is 0.462 e. The number of nitrogens with zero attached hydrogens (tertiary/aromatic N) is 2. The maximum absolute atomic E-state index is 12.7. The lowest BCUT2D eigenvalue weighted by Crippen LogP contribution is -2.19. The monoisotopic (exact) mass is 426 g/mol. The molecular weight excluding hydrogens is 404 g/mol. The van der Waals surface area contributed by atoms with E-state index >= 15 is 0 Å². The number of hydrogen-bond donors (Lipinski definition) is 0. The van der Waals surface area contributed by atoms with Crippen molar-refractivity contribution in [2.24, 2.45) is 4.99 Å². The topological polar surface area (TPSA) is 87.0 Å². The van der Waals surface area contributed by atoms with Gasteiger partial charge in [0.2, 0.25) is 0 Å². The molecule has 3 aromatic rings. The maximum atomic E-state index is 12.7. The van der Waals surface area contributed by atoms with E-state index in [0.29, 0.717) is 41.3 Å². The first-order valence-electron chi connectivity index (χ1n) is 9.44. The third-order valence-electron chi connectivity index (χ3n) is 4.45. The van der Waals surface area contributed by atoms with Crippen LogP contribution < -0.4 is 4.80 Å². The Balaban J connectivity index is 2.04. The fourth-order valence-electron chi connectivity index (χ4n) is 2.90. The molecule has 0 aliphatic heterocycles. The highest BCUT2D eigenvalue weighted by atomic mass is 32.1. The number of ketones is 1. The van der Waals surface area contributed by atoms with Crippen LogP contribution in [-0.2, 0) is 16.0 Å². The van der Waals surface area contributed by atoms with Crippen LogP contribution in [0.2, 0.25) is 0 Å². The standard InChI is InChI=1S/C22H22N2O5S/c1-4-29-21(27)17-9-10-18-19(13-17)30-22(24(18)11-12-28-3)23-20(26)16-7-5-15(6-8-16)14(2)25/h5-10,13H,4,11-12H2,1-3H3. The second-order valence-electron chi connectivity index (χ2n) is 6.48. The molecule has 0 aliphatic rings. The van der Waals surface area contributed by atoms with E-state index < -0.39 is 11.9 Å². The fourth-order valence-corrected chi connectivity index (χ4v) is 3.99. The molecule has 1 amide bonds. The molecule has 0 radical (unpaired) electrons. The highest BCUT2D eigenvalue weighted by Gasteiger charge is 2.13. The molecular formula is C22H22N2O5S. The molecule has 0 N–H and O–H groups in total. The van der Waals surface area contributed by atoms with Crippen LogP contribution in [0.3, 0.4) is 0 Å². The summed E-state index contributed by atoms with van der Waals surface area (Å²) in [5.74, 6) is -0.866. The third kappa shape index (κ3) is 4.72. The minimum atomic E-state index is -0.409. The quantitative estimate of drug-likeness (QED) is 0.426. The van der Waals surface area contributed by atoms with E-state index in [-0.39, 0.29) is 5.78 Å². The number of hydrogen-bond acceptors (Lipinski definition) is 6. The lowest BCUT2D eigenvalue weighted by Gasteiger charge is -2.05. The van der Waals surface area contributed by atoms with Gasteiger partial charge in [0.15, 0.2) is 10.6 Å². The Kier molecular flexibility index (Phi) is 6.91. The Bertz CT molecular complexity index is 1160. The van der Waals surface area contributed by atoms with Gasteiger partial charge in [0, 0.05) is 24.8 Å². The average molecular weight is 426 g/mol. The fraction of sp³-hybridized carbons (Fsp3) is 0.273. The zero-order chi connectivity index (χ0) is 21.7. The lowest BCUT2D eigenvalue weighted by atomic mass is 10.1. The van der Waals surface area contributed by atoms with Gasteiger partial charge in [-0.1, -0.05) is 23.5 Å². The molecule has 0 spiro atoms. The molecule has 3 rings (SSSR count). The Morgan fingerprint density at radius 1 is 1.03 bits per heavy atom. The molecule has 0 fully saturated rings. The van der Waals surface area contributed by atoms with Crippen molar-refractivity contribution in [3.63, 3.8) is 0 Å². The summed E-state index contributed by atoms with van der Waals surface area (Å²) >= 11 is 1.31. The van der Waals surface area contributed by atoms with Gasteiger partial charge < -0.3 is 14.0 Å². The Labute approximate surface area is 177 Å². The summed E-state index contributed by atoms with van der Waals surface area (Å²) in [7, 11) is 1.60. The van der Waals surface area contributed by atoms with Crippen LogP contribution in [0.1, 0.15) is 44.9 Å². The molecule has 156 valence electrons. The highest BCUT2D eigenvalue weighted by molar-refractivity contribution is 7.16. The summed E-state index contributed by atoms with van der Waals surface area (Å²) in [4.78, 5) is 41.0. The van der Waals surface area contributed by atoms with Gasteiger partial charge in [-0.25, -0.2) is 4.79 Å². The van der Waals surface area contributed by atoms with Crippen molar-refractivity contribution in [2.45, 2.75) is 20.4 Å². The van der Waals surface area contributed by atoms with Gasteiger partial charge in [-0.05, 0) is 44.2 Å². The van der Waals surface area contributed by atoms with Gasteiger partial charge >= 0.3 is 5.97 Å². The first kappa shape index (κ1) is 21.6. The van der Waals surface area contributed by atoms with E-state index in [9.17, 15) is 14.4 Å². The van der Waals surface area contributed by atoms with E-state index in [2.05, 4.69) is 4.99 Å². The normalized spacial score (nSPS) is 11.6. The van der Waals surface area contributed by atoms with Crippen molar-refractivity contribution in [1.82, 2.24) is 4.57 Å². The van der Waals surface area contributed by atoms with E-state index in [1.54, 1.807) is 50.4 Å². The Morgan fingerprint density at radius 2 is 1.70 bits per heavy atom. The second kappa shape index (κ2) is 9.60. The number of Topliss-reactive ketones (excluding diaryl/α,β-unsaturated/α-hetero) is 1. The third-order valence-corrected chi connectivity index (χ3v) is 5.49. The molecule has 0 bridgehead atoms. The van der Waals surface area contributed by atoms with Gasteiger partial charge in [-0.15, -0.1) is 0 Å². The lowest BCUT2D eigenvalue weighted by molar-refractivity contribution is 0.0526. The number of ether oxygens (including phenoxy) is 2. The molecule has 7 nitrogen and oxygen atoms in total. The number of fused-ring (bicyclic) bond motifs is 1. The number of methoxy groups -OCH3 is 1. The van der Waals surface area contributed by atoms with Gasteiger partial charge in [0.05, 0.1) is 29.0 Å². The van der Waals surface area contributed by atoms with Crippen molar-refractivity contribution in [1.29, 1.82) is 0 Å². The smallest absolute Gasteiger partial charge is 0.338 e. The number of benzene rings is 2. The number of rotatable bonds is 7. The van der Waals surface area contributed by atoms with E-state index in [1.807, 2.05) is 10.6 Å². The van der Waals surface area contributed by atoms with Crippen LogP contribution in [0.4, 0.5) is 0 Å². The number of thiazole rings is 1. The van der Waals surface area contributed by atoms with Gasteiger partial charge in [0.1, 0.15) is 0 Å². The molecule has 2 aromatic carbocycles. The summed E-state index contributed by atoms with van der Waals surface area (Å²) in [6.07, 6.45) is 0. The average Bonchev–Trinajstić information content (AvgIpc) is 3.08. The summed E-state index contributed by atoms with van der Waals surface area (Å²) in [6, 6.07) is 11.7. The number of carbonyl (C=O) groups is 3. The molecule has 0 aliphatic carbocycles. The Hall–Kier alpha value is -3.10. The number of esters is 1. The summed E-state index contributed by atoms with van der Waals surface area (Å²) < 4.78 is 13.0. The van der Waals surface area contributed by atoms with Crippen LogP contribution in [0.5, 0.6) is 0 Å². The van der Waals surface area contributed by atoms with Gasteiger partial charge in [-0.3, -0.25) is 9.59 Å². The highest BCUT2D eigenvalue weighted by Crippen LogP contribution is 2.20. The van der Waals surface area contributed by atoms with Crippen molar-refractivity contribution >= 4 is 39.2 Å². The van der Waals surface area contributed by atoms with E-state index in [1.165, 1.54) is 18.3 Å². The van der Waals surface area contributed by atoms with Crippen molar-refractivity contribution in [2.75, 3.05) is 20.3 Å².